The van der Waals surface area contributed by atoms with Gasteiger partial charge in [-0.05, 0) is 48.2 Å². The SMILES string of the molecule is Nc1ccc(CC(=O)NCc2cccc(NC(=O)C3CCCC3)c2)cc1. The third-order valence-electron chi connectivity index (χ3n) is 4.75. The van der Waals surface area contributed by atoms with Crippen molar-refractivity contribution >= 4 is 23.2 Å². The number of carbonyl (C=O) groups excluding carboxylic acids is 2. The number of rotatable bonds is 6. The molecule has 2 aromatic carbocycles. The van der Waals surface area contributed by atoms with Gasteiger partial charge in [0, 0.05) is 23.8 Å². The van der Waals surface area contributed by atoms with Crippen LogP contribution in [-0.2, 0) is 22.6 Å². The van der Waals surface area contributed by atoms with Crippen molar-refractivity contribution in [1.82, 2.24) is 5.32 Å². The van der Waals surface area contributed by atoms with Crippen LogP contribution < -0.4 is 16.4 Å². The summed E-state index contributed by atoms with van der Waals surface area (Å²) in [4.78, 5) is 24.3. The van der Waals surface area contributed by atoms with E-state index in [2.05, 4.69) is 10.6 Å². The van der Waals surface area contributed by atoms with E-state index in [0.717, 1.165) is 42.5 Å². The predicted octanol–water partition coefficient (Wildman–Crippen LogP) is 3.26. The van der Waals surface area contributed by atoms with Crippen molar-refractivity contribution in [2.24, 2.45) is 5.92 Å². The van der Waals surface area contributed by atoms with Crippen LogP contribution in [0.5, 0.6) is 0 Å². The lowest BCUT2D eigenvalue weighted by Gasteiger charge is -2.12. The normalized spacial score (nSPS) is 14.2. The maximum atomic E-state index is 12.2. The largest absolute Gasteiger partial charge is 0.399 e. The number of amides is 2. The van der Waals surface area contributed by atoms with Gasteiger partial charge in [-0.25, -0.2) is 0 Å². The van der Waals surface area contributed by atoms with Gasteiger partial charge in [0.05, 0.1) is 6.42 Å². The second-order valence-electron chi connectivity index (χ2n) is 6.87. The molecule has 0 aromatic heterocycles. The highest BCUT2D eigenvalue weighted by Gasteiger charge is 2.22. The Kier molecular flexibility index (Phi) is 5.89. The van der Waals surface area contributed by atoms with Gasteiger partial charge in [-0.15, -0.1) is 0 Å². The summed E-state index contributed by atoms with van der Waals surface area (Å²) in [7, 11) is 0. The topological polar surface area (TPSA) is 84.2 Å². The zero-order valence-corrected chi connectivity index (χ0v) is 14.8. The van der Waals surface area contributed by atoms with Crippen LogP contribution in [0, 0.1) is 5.92 Å². The molecule has 4 N–H and O–H groups in total. The molecule has 2 amide bonds. The van der Waals surface area contributed by atoms with Crippen molar-refractivity contribution in [2.75, 3.05) is 11.1 Å². The maximum absolute atomic E-state index is 12.2. The first-order valence-electron chi connectivity index (χ1n) is 9.11. The molecular weight excluding hydrogens is 326 g/mol. The molecule has 1 aliphatic carbocycles. The fraction of sp³-hybridized carbons (Fsp3) is 0.333. The van der Waals surface area contributed by atoms with Gasteiger partial charge in [0.25, 0.3) is 0 Å². The lowest BCUT2D eigenvalue weighted by Crippen LogP contribution is -2.24. The first-order valence-corrected chi connectivity index (χ1v) is 9.11. The first kappa shape index (κ1) is 18.0. The molecule has 0 aliphatic heterocycles. The van der Waals surface area contributed by atoms with Crippen molar-refractivity contribution in [2.45, 2.75) is 38.6 Å². The molecule has 0 saturated heterocycles. The van der Waals surface area contributed by atoms with Crippen molar-refractivity contribution in [1.29, 1.82) is 0 Å². The Morgan fingerprint density at radius 1 is 1.00 bits per heavy atom. The number of benzene rings is 2. The molecule has 5 heteroatoms. The molecule has 3 rings (SSSR count). The molecule has 0 spiro atoms. The Balaban J connectivity index is 1.50. The smallest absolute Gasteiger partial charge is 0.227 e. The molecule has 1 fully saturated rings. The number of hydrogen-bond donors (Lipinski definition) is 3. The van der Waals surface area contributed by atoms with Crippen molar-refractivity contribution in [3.05, 3.63) is 59.7 Å². The van der Waals surface area contributed by atoms with Crippen molar-refractivity contribution in [3.63, 3.8) is 0 Å². The van der Waals surface area contributed by atoms with Crippen LogP contribution >= 0.6 is 0 Å². The lowest BCUT2D eigenvalue weighted by atomic mass is 10.1. The monoisotopic (exact) mass is 351 g/mol. The molecule has 1 aliphatic rings. The van der Waals surface area contributed by atoms with Gasteiger partial charge < -0.3 is 16.4 Å². The molecule has 0 radical (unpaired) electrons. The molecule has 0 atom stereocenters. The van der Waals surface area contributed by atoms with Crippen molar-refractivity contribution in [3.8, 4) is 0 Å². The summed E-state index contributed by atoms with van der Waals surface area (Å²) in [5.41, 5.74) is 9.00. The molecule has 26 heavy (non-hydrogen) atoms. The minimum absolute atomic E-state index is 0.0461. The van der Waals surface area contributed by atoms with E-state index in [1.54, 1.807) is 12.1 Å². The van der Waals surface area contributed by atoms with E-state index < -0.39 is 0 Å². The standard InChI is InChI=1S/C21H25N3O2/c22-18-10-8-15(9-11-18)13-20(25)23-14-16-4-3-7-19(12-16)24-21(26)17-5-1-2-6-17/h3-4,7-12,17H,1-2,5-6,13-14,22H2,(H,23,25)(H,24,26). The number of nitrogens with one attached hydrogen (secondary N) is 2. The molecule has 0 bridgehead atoms. The van der Waals surface area contributed by atoms with Gasteiger partial charge in [-0.1, -0.05) is 37.1 Å². The Bertz CT molecular complexity index is 765. The molecule has 1 saturated carbocycles. The number of nitrogen functional groups attached to an aromatic ring is 1. The van der Waals surface area contributed by atoms with Gasteiger partial charge >= 0.3 is 0 Å². The summed E-state index contributed by atoms with van der Waals surface area (Å²) in [5, 5.41) is 5.91. The van der Waals surface area contributed by atoms with Crippen LogP contribution in [-0.4, -0.2) is 11.8 Å². The fourth-order valence-electron chi connectivity index (χ4n) is 3.28. The number of anilines is 2. The highest BCUT2D eigenvalue weighted by Crippen LogP contribution is 2.26. The van der Waals surface area contributed by atoms with Crippen LogP contribution in [0.15, 0.2) is 48.5 Å². The summed E-state index contributed by atoms with van der Waals surface area (Å²) in [6.07, 6.45) is 4.55. The average molecular weight is 351 g/mol. The minimum atomic E-state index is -0.0461. The zero-order valence-electron chi connectivity index (χ0n) is 14.8. The molecule has 0 unspecified atom stereocenters. The summed E-state index contributed by atoms with van der Waals surface area (Å²) in [5.74, 6) is 0.195. The van der Waals surface area contributed by atoms with E-state index in [1.165, 1.54) is 0 Å². The quantitative estimate of drug-likeness (QED) is 0.699. The minimum Gasteiger partial charge on any atom is -0.399 e. The third kappa shape index (κ3) is 5.09. The molecule has 5 nitrogen and oxygen atoms in total. The summed E-state index contributed by atoms with van der Waals surface area (Å²) < 4.78 is 0. The molecular formula is C21H25N3O2. The number of hydrogen-bond acceptors (Lipinski definition) is 3. The van der Waals surface area contributed by atoms with Crippen LogP contribution in [0.1, 0.15) is 36.8 Å². The second-order valence-corrected chi connectivity index (χ2v) is 6.87. The van der Waals surface area contributed by atoms with Gasteiger partial charge in [0.1, 0.15) is 0 Å². The summed E-state index contributed by atoms with van der Waals surface area (Å²) in [6, 6.07) is 14.9. The lowest BCUT2D eigenvalue weighted by molar-refractivity contribution is -0.121. The van der Waals surface area contributed by atoms with Crippen molar-refractivity contribution < 1.29 is 9.59 Å². The zero-order chi connectivity index (χ0) is 18.4. The first-order chi connectivity index (χ1) is 12.6. The van der Waals surface area contributed by atoms with Crippen LogP contribution in [0.4, 0.5) is 11.4 Å². The Morgan fingerprint density at radius 2 is 1.73 bits per heavy atom. The molecule has 2 aromatic rings. The van der Waals surface area contributed by atoms with Crippen LogP contribution in [0.2, 0.25) is 0 Å². The van der Waals surface area contributed by atoms with E-state index >= 15 is 0 Å². The van der Waals surface area contributed by atoms with Crippen LogP contribution in [0.25, 0.3) is 0 Å². The Hall–Kier alpha value is -2.82. The fourth-order valence-corrected chi connectivity index (χ4v) is 3.28. The predicted molar refractivity (Wildman–Crippen MR) is 103 cm³/mol. The highest BCUT2D eigenvalue weighted by molar-refractivity contribution is 5.92. The second kappa shape index (κ2) is 8.52. The Labute approximate surface area is 154 Å². The molecule has 0 heterocycles. The van der Waals surface area contributed by atoms with E-state index in [-0.39, 0.29) is 17.7 Å². The Morgan fingerprint density at radius 3 is 2.46 bits per heavy atom. The van der Waals surface area contributed by atoms with E-state index in [4.69, 9.17) is 5.73 Å². The maximum Gasteiger partial charge on any atom is 0.227 e. The van der Waals surface area contributed by atoms with E-state index in [9.17, 15) is 9.59 Å². The van der Waals surface area contributed by atoms with E-state index in [0.29, 0.717) is 18.7 Å². The van der Waals surface area contributed by atoms with Gasteiger partial charge in [0.2, 0.25) is 11.8 Å². The molecule has 136 valence electrons. The summed E-state index contributed by atoms with van der Waals surface area (Å²) in [6.45, 7) is 0.431. The van der Waals surface area contributed by atoms with Gasteiger partial charge in [0.15, 0.2) is 0 Å². The number of nitrogens with two attached hydrogens (primary N) is 1. The highest BCUT2D eigenvalue weighted by atomic mass is 16.2. The van der Waals surface area contributed by atoms with Gasteiger partial charge in [-0.3, -0.25) is 9.59 Å². The van der Waals surface area contributed by atoms with Crippen LogP contribution in [0.3, 0.4) is 0 Å². The van der Waals surface area contributed by atoms with E-state index in [1.807, 2.05) is 36.4 Å². The summed E-state index contributed by atoms with van der Waals surface area (Å²) >= 11 is 0. The average Bonchev–Trinajstić information content (AvgIpc) is 3.17. The van der Waals surface area contributed by atoms with Gasteiger partial charge in [-0.2, -0.15) is 0 Å². The third-order valence-corrected chi connectivity index (χ3v) is 4.75. The number of carbonyl (C=O) groups is 2.